The normalized spacial score (nSPS) is 15.4. The summed E-state index contributed by atoms with van der Waals surface area (Å²) >= 11 is 1.74. The topological polar surface area (TPSA) is 46.3 Å². The molecule has 1 amide bonds. The van der Waals surface area contributed by atoms with E-state index in [0.29, 0.717) is 0 Å². The number of hydrogen-bond acceptors (Lipinski definition) is 3. The molecule has 0 aliphatic rings. The molecule has 0 aliphatic carbocycles. The average Bonchev–Trinajstić information content (AvgIpc) is 2.14. The summed E-state index contributed by atoms with van der Waals surface area (Å²) in [5, 5.41) is 0. The minimum atomic E-state index is -0.371. The van der Waals surface area contributed by atoms with Crippen LogP contribution in [0.15, 0.2) is 0 Å². The number of nitrogens with two attached hydrogens (primary N) is 1. The first-order valence-electron chi connectivity index (χ1n) is 4.93. The fraction of sp³-hybridized carbons (Fsp3) is 0.900. The minimum absolute atomic E-state index is 0.0431. The summed E-state index contributed by atoms with van der Waals surface area (Å²) in [5.41, 5.74) is 5.80. The highest BCUT2D eigenvalue weighted by Gasteiger charge is 2.23. The van der Waals surface area contributed by atoms with E-state index in [9.17, 15) is 4.79 Å². The Morgan fingerprint density at radius 2 is 1.93 bits per heavy atom. The molecular weight excluding hydrogens is 196 g/mol. The zero-order chi connectivity index (χ0) is 11.3. The molecule has 2 atom stereocenters. The van der Waals surface area contributed by atoms with E-state index in [0.717, 1.165) is 5.75 Å². The van der Waals surface area contributed by atoms with Crippen LogP contribution in [0.3, 0.4) is 0 Å². The van der Waals surface area contributed by atoms with Crippen LogP contribution in [0.4, 0.5) is 0 Å². The van der Waals surface area contributed by atoms with Gasteiger partial charge < -0.3 is 10.6 Å². The predicted octanol–water partition coefficient (Wildman–Crippen LogP) is 1.18. The number of carbonyl (C=O) groups is 1. The van der Waals surface area contributed by atoms with Gasteiger partial charge in [0.15, 0.2) is 0 Å². The van der Waals surface area contributed by atoms with Crippen LogP contribution in [0.2, 0.25) is 0 Å². The van der Waals surface area contributed by atoms with Crippen LogP contribution < -0.4 is 5.73 Å². The third-order valence-electron chi connectivity index (χ3n) is 2.42. The molecule has 0 radical (unpaired) electrons. The zero-order valence-electron chi connectivity index (χ0n) is 9.78. The molecular formula is C10H22N2OS. The highest BCUT2D eigenvalue weighted by atomic mass is 32.2. The number of rotatable bonds is 5. The lowest BCUT2D eigenvalue weighted by molar-refractivity contribution is -0.133. The molecule has 3 nitrogen and oxygen atoms in total. The summed E-state index contributed by atoms with van der Waals surface area (Å²) in [6.45, 7) is 5.98. The van der Waals surface area contributed by atoms with Crippen molar-refractivity contribution in [1.82, 2.24) is 4.90 Å². The van der Waals surface area contributed by atoms with Crippen LogP contribution in [0, 0.1) is 5.92 Å². The lowest BCUT2D eigenvalue weighted by atomic mass is 10.0. The molecule has 84 valence electrons. The highest BCUT2D eigenvalue weighted by Crippen LogP contribution is 2.08. The maximum Gasteiger partial charge on any atom is 0.239 e. The van der Waals surface area contributed by atoms with E-state index in [1.807, 2.05) is 34.1 Å². The van der Waals surface area contributed by atoms with Gasteiger partial charge in [0, 0.05) is 18.8 Å². The molecule has 0 fully saturated rings. The molecule has 14 heavy (non-hydrogen) atoms. The highest BCUT2D eigenvalue weighted by molar-refractivity contribution is 7.98. The molecule has 0 rings (SSSR count). The third-order valence-corrected chi connectivity index (χ3v) is 3.24. The Kier molecular flexibility index (Phi) is 6.20. The molecule has 0 aliphatic heterocycles. The first-order chi connectivity index (χ1) is 6.41. The van der Waals surface area contributed by atoms with Crippen molar-refractivity contribution in [3.05, 3.63) is 0 Å². The predicted molar refractivity (Wildman–Crippen MR) is 63.4 cm³/mol. The van der Waals surface area contributed by atoms with E-state index in [1.54, 1.807) is 16.7 Å². The zero-order valence-corrected chi connectivity index (χ0v) is 10.6. The maximum absolute atomic E-state index is 11.8. The SMILES string of the molecule is CSCC(C)N(C)C(=O)C(N)C(C)C. The van der Waals surface area contributed by atoms with Gasteiger partial charge in [0.1, 0.15) is 0 Å². The number of thioether (sulfide) groups is 1. The minimum Gasteiger partial charge on any atom is -0.341 e. The summed E-state index contributed by atoms with van der Waals surface area (Å²) in [7, 11) is 1.82. The van der Waals surface area contributed by atoms with Gasteiger partial charge in [-0.2, -0.15) is 11.8 Å². The van der Waals surface area contributed by atoms with Crippen LogP contribution in [-0.4, -0.2) is 41.9 Å². The molecule has 4 heteroatoms. The fourth-order valence-corrected chi connectivity index (χ4v) is 1.80. The van der Waals surface area contributed by atoms with Crippen LogP contribution in [-0.2, 0) is 4.79 Å². The van der Waals surface area contributed by atoms with Gasteiger partial charge in [-0.05, 0) is 19.1 Å². The van der Waals surface area contributed by atoms with E-state index < -0.39 is 0 Å². The first kappa shape index (κ1) is 13.8. The van der Waals surface area contributed by atoms with Crippen LogP contribution >= 0.6 is 11.8 Å². The van der Waals surface area contributed by atoms with Gasteiger partial charge in [-0.15, -0.1) is 0 Å². The molecule has 2 unspecified atom stereocenters. The standard InChI is InChI=1S/C10H22N2OS/c1-7(2)9(11)10(13)12(4)8(3)6-14-5/h7-9H,6,11H2,1-5H3. The smallest absolute Gasteiger partial charge is 0.239 e. The van der Waals surface area contributed by atoms with Gasteiger partial charge >= 0.3 is 0 Å². The van der Waals surface area contributed by atoms with Gasteiger partial charge in [-0.1, -0.05) is 13.8 Å². The van der Waals surface area contributed by atoms with Gasteiger partial charge in [0.2, 0.25) is 5.91 Å². The number of carbonyl (C=O) groups excluding carboxylic acids is 1. The third kappa shape index (κ3) is 3.88. The number of amides is 1. The Balaban J connectivity index is 4.23. The number of nitrogens with zero attached hydrogens (tertiary/aromatic N) is 1. The number of hydrogen-bond donors (Lipinski definition) is 1. The molecule has 0 aromatic heterocycles. The molecule has 0 saturated carbocycles. The monoisotopic (exact) mass is 218 g/mol. The molecule has 0 bridgehead atoms. The molecule has 0 heterocycles. The summed E-state index contributed by atoms with van der Waals surface area (Å²) in [6.07, 6.45) is 2.04. The molecule has 0 spiro atoms. The Morgan fingerprint density at radius 3 is 2.29 bits per heavy atom. The van der Waals surface area contributed by atoms with Gasteiger partial charge in [0.25, 0.3) is 0 Å². The maximum atomic E-state index is 11.8. The molecule has 0 saturated heterocycles. The van der Waals surface area contributed by atoms with Crippen molar-refractivity contribution in [1.29, 1.82) is 0 Å². The molecule has 0 aromatic carbocycles. The van der Waals surface area contributed by atoms with Crippen molar-refractivity contribution in [2.45, 2.75) is 32.9 Å². The van der Waals surface area contributed by atoms with Crippen molar-refractivity contribution < 1.29 is 4.79 Å². The quantitative estimate of drug-likeness (QED) is 0.754. The van der Waals surface area contributed by atoms with Crippen molar-refractivity contribution in [3.63, 3.8) is 0 Å². The van der Waals surface area contributed by atoms with Crippen molar-refractivity contribution in [2.24, 2.45) is 11.7 Å². The van der Waals surface area contributed by atoms with E-state index in [1.165, 1.54) is 0 Å². The van der Waals surface area contributed by atoms with E-state index in [2.05, 4.69) is 0 Å². The Bertz CT molecular complexity index is 185. The molecule has 0 aromatic rings. The van der Waals surface area contributed by atoms with Crippen molar-refractivity contribution in [2.75, 3.05) is 19.1 Å². The van der Waals surface area contributed by atoms with Gasteiger partial charge in [-0.25, -0.2) is 0 Å². The first-order valence-corrected chi connectivity index (χ1v) is 6.32. The van der Waals surface area contributed by atoms with E-state index in [-0.39, 0.29) is 23.9 Å². The Morgan fingerprint density at radius 1 is 1.43 bits per heavy atom. The van der Waals surface area contributed by atoms with E-state index in [4.69, 9.17) is 5.73 Å². The summed E-state index contributed by atoms with van der Waals surface area (Å²) < 4.78 is 0. The van der Waals surface area contributed by atoms with Gasteiger partial charge in [0.05, 0.1) is 6.04 Å². The van der Waals surface area contributed by atoms with Gasteiger partial charge in [-0.3, -0.25) is 4.79 Å². The van der Waals surface area contributed by atoms with E-state index >= 15 is 0 Å². The largest absolute Gasteiger partial charge is 0.341 e. The van der Waals surface area contributed by atoms with Crippen LogP contribution in [0.25, 0.3) is 0 Å². The summed E-state index contributed by atoms with van der Waals surface area (Å²) in [6, 6.07) is -0.119. The second-order valence-corrected chi connectivity index (χ2v) is 4.93. The second kappa shape index (κ2) is 6.30. The average molecular weight is 218 g/mol. The van der Waals surface area contributed by atoms with Crippen molar-refractivity contribution >= 4 is 17.7 Å². The lowest BCUT2D eigenvalue weighted by Crippen LogP contribution is -2.48. The second-order valence-electron chi connectivity index (χ2n) is 4.02. The fourth-order valence-electron chi connectivity index (χ4n) is 1.09. The summed E-state index contributed by atoms with van der Waals surface area (Å²) in [4.78, 5) is 13.5. The lowest BCUT2D eigenvalue weighted by Gasteiger charge is -2.28. The molecule has 2 N–H and O–H groups in total. The van der Waals surface area contributed by atoms with Crippen LogP contribution in [0.5, 0.6) is 0 Å². The van der Waals surface area contributed by atoms with Crippen molar-refractivity contribution in [3.8, 4) is 0 Å². The Hall–Kier alpha value is -0.220. The Labute approximate surface area is 91.4 Å². The summed E-state index contributed by atoms with van der Waals surface area (Å²) in [5.74, 6) is 1.19. The number of likely N-dealkylation sites (N-methyl/N-ethyl adjacent to an activating group) is 1. The van der Waals surface area contributed by atoms with Crippen LogP contribution in [0.1, 0.15) is 20.8 Å².